The molecule has 1 aromatic heterocycles. The van der Waals surface area contributed by atoms with E-state index in [4.69, 9.17) is 11.6 Å². The molecule has 1 aromatic carbocycles. The van der Waals surface area contributed by atoms with E-state index in [1.165, 1.54) is 0 Å². The van der Waals surface area contributed by atoms with Gasteiger partial charge in [-0.15, -0.1) is 0 Å². The molecule has 0 aliphatic rings. The Morgan fingerprint density at radius 2 is 1.96 bits per heavy atom. The van der Waals surface area contributed by atoms with Crippen molar-refractivity contribution in [3.05, 3.63) is 52.8 Å². The minimum atomic E-state index is -4.54. The summed E-state index contributed by atoms with van der Waals surface area (Å²) >= 11 is 5.77. The van der Waals surface area contributed by atoms with Crippen LogP contribution >= 0.6 is 11.6 Å². The fraction of sp³-hybridized carbons (Fsp3) is 0.214. The second-order valence-corrected chi connectivity index (χ2v) is 5.07. The number of halogens is 4. The van der Waals surface area contributed by atoms with Gasteiger partial charge in [0.05, 0.1) is 5.71 Å². The molecule has 1 heterocycles. The number of carbonyl (C=O) groups excluding carboxylic acids is 1. The van der Waals surface area contributed by atoms with Crippen molar-refractivity contribution in [2.45, 2.75) is 19.6 Å². The summed E-state index contributed by atoms with van der Waals surface area (Å²) in [6.45, 7) is 1.31. The molecule has 122 valence electrons. The van der Waals surface area contributed by atoms with Gasteiger partial charge in [-0.3, -0.25) is 9.48 Å². The van der Waals surface area contributed by atoms with Gasteiger partial charge in [0.25, 0.3) is 5.91 Å². The number of aromatic nitrogens is 2. The second-order valence-electron chi connectivity index (χ2n) is 4.64. The van der Waals surface area contributed by atoms with E-state index in [-0.39, 0.29) is 6.54 Å². The average molecular weight is 345 g/mol. The van der Waals surface area contributed by atoms with Crippen molar-refractivity contribution in [1.82, 2.24) is 15.2 Å². The van der Waals surface area contributed by atoms with Crippen LogP contribution < -0.4 is 5.43 Å². The maximum absolute atomic E-state index is 12.4. The molecule has 2 rings (SSSR count). The Labute approximate surface area is 134 Å². The number of hydrazone groups is 1. The van der Waals surface area contributed by atoms with Crippen LogP contribution in [-0.2, 0) is 17.5 Å². The van der Waals surface area contributed by atoms with Crippen LogP contribution in [0.2, 0.25) is 5.02 Å². The highest BCUT2D eigenvalue weighted by atomic mass is 35.5. The van der Waals surface area contributed by atoms with Crippen molar-refractivity contribution in [3.8, 4) is 0 Å². The molecule has 1 N–H and O–H groups in total. The first-order valence-corrected chi connectivity index (χ1v) is 6.83. The van der Waals surface area contributed by atoms with E-state index in [2.05, 4.69) is 15.6 Å². The summed E-state index contributed by atoms with van der Waals surface area (Å²) in [5, 5.41) is 7.74. The van der Waals surface area contributed by atoms with E-state index >= 15 is 0 Å². The molecule has 0 fully saturated rings. The topological polar surface area (TPSA) is 59.3 Å². The molecular weight excluding hydrogens is 333 g/mol. The fourth-order valence-electron chi connectivity index (χ4n) is 1.69. The Bertz CT molecular complexity index is 722. The maximum atomic E-state index is 12.4. The van der Waals surface area contributed by atoms with Crippen molar-refractivity contribution in [2.24, 2.45) is 5.10 Å². The van der Waals surface area contributed by atoms with Gasteiger partial charge in [0.15, 0.2) is 5.69 Å². The van der Waals surface area contributed by atoms with E-state index in [0.717, 1.165) is 22.5 Å². The number of benzene rings is 1. The van der Waals surface area contributed by atoms with Crippen LogP contribution in [0.1, 0.15) is 18.2 Å². The summed E-state index contributed by atoms with van der Waals surface area (Å²) in [6, 6.07) is 7.63. The molecule has 5 nitrogen and oxygen atoms in total. The first-order valence-electron chi connectivity index (χ1n) is 6.45. The van der Waals surface area contributed by atoms with Crippen LogP contribution in [0.4, 0.5) is 13.2 Å². The van der Waals surface area contributed by atoms with Crippen LogP contribution in [0.5, 0.6) is 0 Å². The molecule has 0 radical (unpaired) electrons. The Hall–Kier alpha value is -2.35. The molecule has 0 spiro atoms. The van der Waals surface area contributed by atoms with Crippen molar-refractivity contribution in [2.75, 3.05) is 0 Å². The van der Waals surface area contributed by atoms with Crippen LogP contribution in [0.25, 0.3) is 0 Å². The third-order valence-corrected chi connectivity index (χ3v) is 3.10. The quantitative estimate of drug-likeness (QED) is 0.684. The van der Waals surface area contributed by atoms with Gasteiger partial charge >= 0.3 is 6.18 Å². The lowest BCUT2D eigenvalue weighted by Crippen LogP contribution is -2.24. The Morgan fingerprint density at radius 3 is 2.52 bits per heavy atom. The smallest absolute Gasteiger partial charge is 0.271 e. The molecule has 0 bridgehead atoms. The summed E-state index contributed by atoms with van der Waals surface area (Å²) in [7, 11) is 0. The molecular formula is C14H12ClF3N4O. The summed E-state index contributed by atoms with van der Waals surface area (Å²) in [5.74, 6) is -0.588. The monoisotopic (exact) mass is 344 g/mol. The highest BCUT2D eigenvalue weighted by molar-refractivity contribution is 6.30. The molecule has 1 amide bonds. The standard InChI is InChI=1S/C14H12ClF3N4O/c1-9(10-2-4-11(15)5-3-10)19-20-13(23)8-22-7-6-12(21-22)14(16,17)18/h2-7H,8H2,1H3,(H,20,23)/b19-9-. The number of hydrogen-bond donors (Lipinski definition) is 1. The van der Waals surface area contributed by atoms with Crippen LogP contribution in [-0.4, -0.2) is 21.4 Å². The molecule has 0 saturated carbocycles. The summed E-state index contributed by atoms with van der Waals surface area (Å²) in [6.07, 6.45) is -3.46. The summed E-state index contributed by atoms with van der Waals surface area (Å²) < 4.78 is 38.1. The lowest BCUT2D eigenvalue weighted by atomic mass is 10.1. The average Bonchev–Trinajstić information content (AvgIpc) is 2.94. The minimum absolute atomic E-state index is 0.368. The number of alkyl halides is 3. The Balaban J connectivity index is 1.95. The molecule has 2 aromatic rings. The first-order chi connectivity index (χ1) is 10.8. The first kappa shape index (κ1) is 17.0. The van der Waals surface area contributed by atoms with Crippen LogP contribution in [0.3, 0.4) is 0 Å². The third kappa shape index (κ3) is 4.82. The zero-order chi connectivity index (χ0) is 17.0. The number of carbonyl (C=O) groups is 1. The van der Waals surface area contributed by atoms with E-state index in [1.807, 2.05) is 0 Å². The van der Waals surface area contributed by atoms with Gasteiger partial charge in [0.2, 0.25) is 0 Å². The van der Waals surface area contributed by atoms with E-state index in [1.54, 1.807) is 31.2 Å². The zero-order valence-electron chi connectivity index (χ0n) is 11.9. The molecule has 0 unspecified atom stereocenters. The van der Waals surface area contributed by atoms with Gasteiger partial charge in [-0.1, -0.05) is 23.7 Å². The molecule has 23 heavy (non-hydrogen) atoms. The highest BCUT2D eigenvalue weighted by Crippen LogP contribution is 2.27. The van der Waals surface area contributed by atoms with E-state index in [0.29, 0.717) is 10.7 Å². The Kier molecular flexibility index (Phi) is 5.05. The lowest BCUT2D eigenvalue weighted by molar-refractivity contribution is -0.141. The van der Waals surface area contributed by atoms with Crippen molar-refractivity contribution < 1.29 is 18.0 Å². The number of nitrogens with one attached hydrogen (secondary N) is 1. The van der Waals surface area contributed by atoms with Gasteiger partial charge in [0, 0.05) is 11.2 Å². The van der Waals surface area contributed by atoms with E-state index in [9.17, 15) is 18.0 Å². The van der Waals surface area contributed by atoms with Gasteiger partial charge in [-0.2, -0.15) is 23.4 Å². The van der Waals surface area contributed by atoms with Gasteiger partial charge in [0.1, 0.15) is 6.54 Å². The lowest BCUT2D eigenvalue weighted by Gasteiger charge is -2.04. The Morgan fingerprint density at radius 1 is 1.30 bits per heavy atom. The predicted octanol–water partition coefficient (Wildman–Crippen LogP) is 3.10. The van der Waals surface area contributed by atoms with Gasteiger partial charge in [-0.25, -0.2) is 5.43 Å². The number of rotatable bonds is 4. The highest BCUT2D eigenvalue weighted by Gasteiger charge is 2.33. The predicted molar refractivity (Wildman–Crippen MR) is 79.0 cm³/mol. The summed E-state index contributed by atoms with van der Waals surface area (Å²) in [4.78, 5) is 11.7. The normalized spacial score (nSPS) is 12.3. The van der Waals surface area contributed by atoms with Crippen LogP contribution in [0.15, 0.2) is 41.6 Å². The minimum Gasteiger partial charge on any atom is -0.271 e. The van der Waals surface area contributed by atoms with Crippen LogP contribution in [0, 0.1) is 0 Å². The molecule has 0 atom stereocenters. The number of hydrogen-bond acceptors (Lipinski definition) is 3. The third-order valence-electron chi connectivity index (χ3n) is 2.85. The van der Waals surface area contributed by atoms with Crippen molar-refractivity contribution in [1.29, 1.82) is 0 Å². The van der Waals surface area contributed by atoms with Crippen molar-refractivity contribution in [3.63, 3.8) is 0 Å². The summed E-state index contributed by atoms with van der Waals surface area (Å²) in [5.41, 5.74) is 2.51. The van der Waals surface area contributed by atoms with Crippen molar-refractivity contribution >= 4 is 23.2 Å². The largest absolute Gasteiger partial charge is 0.435 e. The number of amides is 1. The fourth-order valence-corrected chi connectivity index (χ4v) is 1.81. The number of nitrogens with zero attached hydrogens (tertiary/aromatic N) is 3. The second kappa shape index (κ2) is 6.82. The van der Waals surface area contributed by atoms with Gasteiger partial charge < -0.3 is 0 Å². The maximum Gasteiger partial charge on any atom is 0.435 e. The zero-order valence-corrected chi connectivity index (χ0v) is 12.7. The molecule has 0 saturated heterocycles. The molecule has 0 aliphatic carbocycles. The SMILES string of the molecule is C/C(=N/NC(=O)Cn1ccc(C(F)(F)F)n1)c1ccc(Cl)cc1. The van der Waals surface area contributed by atoms with E-state index < -0.39 is 17.8 Å². The molecule has 9 heteroatoms. The molecule has 0 aliphatic heterocycles. The van der Waals surface area contributed by atoms with Gasteiger partial charge in [-0.05, 0) is 30.7 Å².